The molecular weight excluding hydrogens is 80.0 g/mol. The van der Waals surface area contributed by atoms with Gasteiger partial charge in [-0.2, -0.15) is 0 Å². The maximum atomic E-state index is 4.35. The van der Waals surface area contributed by atoms with E-state index in [1.807, 2.05) is 0 Å². The van der Waals surface area contributed by atoms with Gasteiger partial charge in [0.1, 0.15) is 6.26 Å². The van der Waals surface area contributed by atoms with E-state index in [2.05, 4.69) is 15.2 Å². The minimum Gasteiger partial charge on any atom is -0.348 e. The third kappa shape index (κ3) is 0.544. The summed E-state index contributed by atoms with van der Waals surface area (Å²) in [6, 6.07) is 0. The fraction of sp³-hybridized carbons (Fsp3) is 0.333. The molecule has 0 aliphatic carbocycles. The molecule has 0 fully saturated rings. The monoisotopic (exact) mass is 84.0 g/mol. The fourth-order valence-corrected chi connectivity index (χ4v) is 0.227. The Balaban J connectivity index is 2.40. The van der Waals surface area contributed by atoms with Crippen LogP contribution in [-0.2, 0) is 4.84 Å². The van der Waals surface area contributed by atoms with Crippen molar-refractivity contribution in [1.29, 1.82) is 0 Å². The van der Waals surface area contributed by atoms with Crippen molar-refractivity contribution in [3.05, 3.63) is 12.3 Å². The van der Waals surface area contributed by atoms with E-state index in [0.29, 0.717) is 6.54 Å². The van der Waals surface area contributed by atoms with Crippen molar-refractivity contribution in [3.8, 4) is 0 Å². The highest BCUT2D eigenvalue weighted by Crippen LogP contribution is 1.88. The zero-order chi connectivity index (χ0) is 4.24. The summed E-state index contributed by atoms with van der Waals surface area (Å²) in [6.07, 6.45) is 3.29. The van der Waals surface area contributed by atoms with Crippen LogP contribution in [0.2, 0.25) is 0 Å². The van der Waals surface area contributed by atoms with Crippen molar-refractivity contribution in [2.24, 2.45) is 10.4 Å². The van der Waals surface area contributed by atoms with Crippen LogP contribution in [-0.4, -0.2) is 6.54 Å². The summed E-state index contributed by atoms with van der Waals surface area (Å²) in [5.74, 6) is 0. The summed E-state index contributed by atoms with van der Waals surface area (Å²) in [5.41, 5.74) is 0. The Morgan fingerprint density at radius 3 is 2.83 bits per heavy atom. The molecule has 0 N–H and O–H groups in total. The molecule has 0 amide bonds. The fourth-order valence-electron chi connectivity index (χ4n) is 0.227. The van der Waals surface area contributed by atoms with Gasteiger partial charge in [0, 0.05) is 5.28 Å². The third-order valence-electron chi connectivity index (χ3n) is 0.449. The highest BCUT2D eigenvalue weighted by Gasteiger charge is 1.77. The zero-order valence-electron chi connectivity index (χ0n) is 3.16. The number of rotatable bonds is 0. The normalized spacial score (nSPS) is 17.3. The van der Waals surface area contributed by atoms with E-state index in [0.717, 1.165) is 0 Å². The van der Waals surface area contributed by atoms with Gasteiger partial charge < -0.3 is 4.84 Å². The van der Waals surface area contributed by atoms with E-state index in [9.17, 15) is 0 Å². The van der Waals surface area contributed by atoms with Crippen LogP contribution in [0.5, 0.6) is 0 Å². The van der Waals surface area contributed by atoms with E-state index < -0.39 is 0 Å². The number of nitrogens with zero attached hydrogens (tertiary/aromatic N) is 2. The van der Waals surface area contributed by atoms with Gasteiger partial charge in [-0.3, -0.25) is 0 Å². The molecule has 1 rings (SSSR count). The maximum Gasteiger partial charge on any atom is 0.121 e. The Kier molecular flexibility index (Phi) is 0.859. The van der Waals surface area contributed by atoms with Crippen LogP contribution in [0.4, 0.5) is 0 Å². The van der Waals surface area contributed by atoms with Crippen LogP contribution in [0.15, 0.2) is 22.7 Å². The van der Waals surface area contributed by atoms with Crippen molar-refractivity contribution in [2.75, 3.05) is 6.54 Å². The summed E-state index contributed by atoms with van der Waals surface area (Å²) in [5, 5.41) is 6.71. The zero-order valence-corrected chi connectivity index (χ0v) is 3.16. The van der Waals surface area contributed by atoms with Crippen LogP contribution >= 0.6 is 0 Å². The number of hydrogen-bond donors (Lipinski definition) is 0. The van der Waals surface area contributed by atoms with Crippen LogP contribution in [0, 0.1) is 0 Å². The first-order chi connectivity index (χ1) is 3.00. The second-order valence-electron chi connectivity index (χ2n) is 0.883. The van der Waals surface area contributed by atoms with Crippen molar-refractivity contribution in [2.45, 2.75) is 0 Å². The molecule has 0 bridgehead atoms. The van der Waals surface area contributed by atoms with Crippen LogP contribution in [0.3, 0.4) is 0 Å². The summed E-state index contributed by atoms with van der Waals surface area (Å²) >= 11 is 0. The average Bonchev–Trinajstić information content (AvgIpc) is 1.72. The Bertz CT molecular complexity index is 66.8. The van der Waals surface area contributed by atoms with Crippen molar-refractivity contribution >= 4 is 0 Å². The highest BCUT2D eigenvalue weighted by molar-refractivity contribution is 4.76. The van der Waals surface area contributed by atoms with E-state index in [1.54, 1.807) is 6.08 Å². The average molecular weight is 84.1 g/mol. The van der Waals surface area contributed by atoms with Gasteiger partial charge in [-0.05, 0) is 6.08 Å². The maximum absolute atomic E-state index is 4.35. The summed E-state index contributed by atoms with van der Waals surface area (Å²) in [7, 11) is 0. The first kappa shape index (κ1) is 3.33. The molecular formula is C3H4N2O. The Labute approximate surface area is 35.3 Å². The molecule has 0 unspecified atom stereocenters. The van der Waals surface area contributed by atoms with Gasteiger partial charge in [0.05, 0.1) is 6.54 Å². The molecule has 32 valence electrons. The van der Waals surface area contributed by atoms with Gasteiger partial charge in [0.2, 0.25) is 0 Å². The predicted molar refractivity (Wildman–Crippen MR) is 19.9 cm³/mol. The predicted octanol–water partition coefficient (Wildman–Crippen LogP) is 0.897. The van der Waals surface area contributed by atoms with Crippen LogP contribution in [0.25, 0.3) is 0 Å². The largest absolute Gasteiger partial charge is 0.348 e. The number of hydrogen-bond acceptors (Lipinski definition) is 3. The van der Waals surface area contributed by atoms with Gasteiger partial charge in [0.25, 0.3) is 0 Å². The molecule has 6 heavy (non-hydrogen) atoms. The molecule has 3 heteroatoms. The quantitative estimate of drug-likeness (QED) is 0.429. The van der Waals surface area contributed by atoms with Gasteiger partial charge in [-0.15, -0.1) is 5.11 Å². The van der Waals surface area contributed by atoms with Crippen molar-refractivity contribution in [3.63, 3.8) is 0 Å². The van der Waals surface area contributed by atoms with Gasteiger partial charge in [0.15, 0.2) is 0 Å². The molecule has 0 saturated heterocycles. The Morgan fingerprint density at radius 1 is 1.67 bits per heavy atom. The molecule has 3 nitrogen and oxygen atoms in total. The molecule has 0 aromatic rings. The van der Waals surface area contributed by atoms with E-state index in [4.69, 9.17) is 0 Å². The van der Waals surface area contributed by atoms with Gasteiger partial charge >= 0.3 is 0 Å². The molecule has 1 heterocycles. The topological polar surface area (TPSA) is 34.0 Å². The minimum absolute atomic E-state index is 0.653. The van der Waals surface area contributed by atoms with Crippen LogP contribution in [0.1, 0.15) is 0 Å². The summed E-state index contributed by atoms with van der Waals surface area (Å²) < 4.78 is 0. The molecule has 0 atom stereocenters. The standard InChI is InChI=1S/C3H4N2O/c1-2-4-5-6-3-1/h1,3H,2H2. The molecule has 0 aromatic heterocycles. The Morgan fingerprint density at radius 2 is 2.67 bits per heavy atom. The van der Waals surface area contributed by atoms with E-state index >= 15 is 0 Å². The lowest BCUT2D eigenvalue weighted by atomic mass is 10.6. The third-order valence-corrected chi connectivity index (χ3v) is 0.449. The minimum atomic E-state index is 0.653. The molecule has 1 aliphatic rings. The van der Waals surface area contributed by atoms with Gasteiger partial charge in [-0.1, -0.05) is 0 Å². The lowest BCUT2D eigenvalue weighted by Gasteiger charge is -1.88. The van der Waals surface area contributed by atoms with E-state index in [-0.39, 0.29) is 0 Å². The first-order valence-electron chi connectivity index (χ1n) is 1.68. The van der Waals surface area contributed by atoms with E-state index in [1.165, 1.54) is 6.26 Å². The lowest BCUT2D eigenvalue weighted by molar-refractivity contribution is 0.228. The van der Waals surface area contributed by atoms with Crippen LogP contribution < -0.4 is 0 Å². The molecule has 0 saturated carbocycles. The Hall–Kier alpha value is -0.860. The molecule has 0 radical (unpaired) electrons. The second-order valence-corrected chi connectivity index (χ2v) is 0.883. The van der Waals surface area contributed by atoms with Gasteiger partial charge in [-0.25, -0.2) is 0 Å². The highest BCUT2D eigenvalue weighted by atomic mass is 16.6. The lowest BCUT2D eigenvalue weighted by Crippen LogP contribution is -1.77. The summed E-state index contributed by atoms with van der Waals surface area (Å²) in [6.45, 7) is 0.653. The summed E-state index contributed by atoms with van der Waals surface area (Å²) in [4.78, 5) is 4.35. The van der Waals surface area contributed by atoms with Crippen molar-refractivity contribution < 1.29 is 4.84 Å². The van der Waals surface area contributed by atoms with Crippen molar-refractivity contribution in [1.82, 2.24) is 0 Å². The SMILES string of the molecule is C1=CON=NC1. The molecule has 1 aliphatic heterocycles. The molecule has 0 aromatic carbocycles. The smallest absolute Gasteiger partial charge is 0.121 e. The second kappa shape index (κ2) is 1.55. The molecule has 0 spiro atoms. The first-order valence-corrected chi connectivity index (χ1v) is 1.68.